The van der Waals surface area contributed by atoms with Crippen LogP contribution in [-0.4, -0.2) is 34.2 Å². The minimum absolute atomic E-state index is 0.0947. The monoisotopic (exact) mass is 269 g/mol. The molecule has 2 rings (SSSR count). The van der Waals surface area contributed by atoms with Crippen molar-refractivity contribution < 1.29 is 19.8 Å². The van der Waals surface area contributed by atoms with Crippen LogP contribution in [0.15, 0.2) is 0 Å². The van der Waals surface area contributed by atoms with Gasteiger partial charge < -0.3 is 15.5 Å². The molecule has 5 nitrogen and oxygen atoms in total. The van der Waals surface area contributed by atoms with Crippen LogP contribution in [0, 0.1) is 11.8 Å². The molecule has 5 heteroatoms. The highest BCUT2D eigenvalue weighted by atomic mass is 16.4. The van der Waals surface area contributed by atoms with E-state index in [-0.39, 0.29) is 17.7 Å². The first-order chi connectivity index (χ1) is 9.00. The second-order valence-electron chi connectivity index (χ2n) is 6.05. The van der Waals surface area contributed by atoms with Crippen molar-refractivity contribution in [3.63, 3.8) is 0 Å². The molecule has 0 saturated heterocycles. The first-order valence-electron chi connectivity index (χ1n) is 7.23. The second kappa shape index (κ2) is 5.90. The fourth-order valence-corrected chi connectivity index (χ4v) is 3.23. The van der Waals surface area contributed by atoms with Crippen molar-refractivity contribution in [1.82, 2.24) is 5.32 Å². The highest BCUT2D eigenvalue weighted by molar-refractivity contribution is 5.80. The van der Waals surface area contributed by atoms with Gasteiger partial charge in [0.25, 0.3) is 0 Å². The maximum Gasteiger partial charge on any atom is 0.306 e. The van der Waals surface area contributed by atoms with E-state index in [0.29, 0.717) is 25.8 Å². The van der Waals surface area contributed by atoms with Crippen molar-refractivity contribution in [2.45, 2.75) is 57.0 Å². The summed E-state index contributed by atoms with van der Waals surface area (Å²) >= 11 is 0. The van der Waals surface area contributed by atoms with Gasteiger partial charge >= 0.3 is 5.97 Å². The fourth-order valence-electron chi connectivity index (χ4n) is 3.23. The number of rotatable bonds is 4. The number of carboxylic acid groups (broad SMARTS) is 1. The molecule has 0 aromatic heterocycles. The summed E-state index contributed by atoms with van der Waals surface area (Å²) in [5.74, 6) is -1.48. The molecule has 108 valence electrons. The third kappa shape index (κ3) is 3.69. The van der Waals surface area contributed by atoms with Crippen molar-refractivity contribution >= 4 is 11.9 Å². The first-order valence-corrected chi connectivity index (χ1v) is 7.23. The van der Waals surface area contributed by atoms with E-state index in [1.807, 2.05) is 0 Å². The fraction of sp³-hybridized carbons (Fsp3) is 0.857. The van der Waals surface area contributed by atoms with Crippen LogP contribution in [0.1, 0.15) is 51.4 Å². The van der Waals surface area contributed by atoms with E-state index >= 15 is 0 Å². The van der Waals surface area contributed by atoms with Crippen LogP contribution in [0.4, 0.5) is 0 Å². The smallest absolute Gasteiger partial charge is 0.306 e. The maximum atomic E-state index is 12.0. The number of carboxylic acids is 1. The molecule has 2 aliphatic rings. The Bertz CT molecular complexity index is 349. The van der Waals surface area contributed by atoms with Gasteiger partial charge in [0.1, 0.15) is 0 Å². The molecule has 2 unspecified atom stereocenters. The number of carbonyl (C=O) groups excluding carboxylic acids is 1. The van der Waals surface area contributed by atoms with Gasteiger partial charge in [0.2, 0.25) is 5.91 Å². The lowest BCUT2D eigenvalue weighted by Crippen LogP contribution is -2.45. The largest absolute Gasteiger partial charge is 0.481 e. The molecule has 0 aliphatic heterocycles. The van der Waals surface area contributed by atoms with E-state index in [2.05, 4.69) is 5.32 Å². The zero-order chi connectivity index (χ0) is 13.9. The lowest BCUT2D eigenvalue weighted by atomic mass is 9.85. The number of hydrogen-bond donors (Lipinski definition) is 3. The van der Waals surface area contributed by atoms with Crippen LogP contribution in [0.25, 0.3) is 0 Å². The number of aliphatic carboxylic acids is 1. The van der Waals surface area contributed by atoms with Gasteiger partial charge in [-0.2, -0.15) is 0 Å². The molecule has 3 N–H and O–H groups in total. The quantitative estimate of drug-likeness (QED) is 0.718. The Labute approximate surface area is 113 Å². The summed E-state index contributed by atoms with van der Waals surface area (Å²) in [6.45, 7) is 0.306. The van der Waals surface area contributed by atoms with Gasteiger partial charge in [-0.15, -0.1) is 0 Å². The van der Waals surface area contributed by atoms with E-state index in [1.54, 1.807) is 0 Å². The second-order valence-corrected chi connectivity index (χ2v) is 6.05. The molecule has 2 fully saturated rings. The van der Waals surface area contributed by atoms with E-state index < -0.39 is 11.6 Å². The Morgan fingerprint density at radius 1 is 1.11 bits per heavy atom. The van der Waals surface area contributed by atoms with Gasteiger partial charge in [0, 0.05) is 12.5 Å². The van der Waals surface area contributed by atoms with E-state index in [0.717, 1.165) is 32.1 Å². The van der Waals surface area contributed by atoms with Crippen LogP contribution in [-0.2, 0) is 9.59 Å². The maximum absolute atomic E-state index is 12.0. The van der Waals surface area contributed by atoms with E-state index in [4.69, 9.17) is 5.11 Å². The molecule has 19 heavy (non-hydrogen) atoms. The van der Waals surface area contributed by atoms with E-state index in [1.165, 1.54) is 0 Å². The van der Waals surface area contributed by atoms with Gasteiger partial charge in [-0.05, 0) is 32.1 Å². The molecule has 2 saturated carbocycles. The lowest BCUT2D eigenvalue weighted by molar-refractivity contribution is -0.141. The van der Waals surface area contributed by atoms with Crippen molar-refractivity contribution in [2.75, 3.05) is 6.54 Å². The Kier molecular flexibility index (Phi) is 4.45. The predicted octanol–water partition coefficient (Wildman–Crippen LogP) is 1.30. The number of amides is 1. The summed E-state index contributed by atoms with van der Waals surface area (Å²) in [7, 11) is 0. The number of aliphatic hydroxyl groups is 1. The highest BCUT2D eigenvalue weighted by Crippen LogP contribution is 2.32. The molecule has 0 aromatic carbocycles. The molecule has 0 bridgehead atoms. The summed E-state index contributed by atoms with van der Waals surface area (Å²) in [6, 6.07) is 0. The van der Waals surface area contributed by atoms with E-state index in [9.17, 15) is 14.7 Å². The predicted molar refractivity (Wildman–Crippen MR) is 69.5 cm³/mol. The molecule has 0 spiro atoms. The van der Waals surface area contributed by atoms with Gasteiger partial charge in [-0.25, -0.2) is 0 Å². The standard InChI is InChI=1S/C14H23NO4/c16-12(10-4-5-11(8-10)13(17)18)15-9-14(19)6-2-1-3-7-14/h10-11,19H,1-9H2,(H,15,16)(H,17,18). The van der Waals surface area contributed by atoms with Gasteiger partial charge in [-0.3, -0.25) is 9.59 Å². The van der Waals surface area contributed by atoms with Gasteiger partial charge in [0.15, 0.2) is 0 Å². The number of nitrogens with one attached hydrogen (secondary N) is 1. The summed E-state index contributed by atoms with van der Waals surface area (Å²) in [5.41, 5.74) is -0.751. The zero-order valence-corrected chi connectivity index (χ0v) is 11.2. The Balaban J connectivity index is 1.77. The first kappa shape index (κ1) is 14.3. The molecule has 0 aromatic rings. The van der Waals surface area contributed by atoms with Crippen LogP contribution >= 0.6 is 0 Å². The van der Waals surface area contributed by atoms with Gasteiger partial charge in [0.05, 0.1) is 11.5 Å². The highest BCUT2D eigenvalue weighted by Gasteiger charge is 2.35. The zero-order valence-electron chi connectivity index (χ0n) is 11.2. The Morgan fingerprint density at radius 3 is 2.32 bits per heavy atom. The average molecular weight is 269 g/mol. The Morgan fingerprint density at radius 2 is 1.74 bits per heavy atom. The molecule has 0 heterocycles. The van der Waals surface area contributed by atoms with Crippen LogP contribution < -0.4 is 5.32 Å². The van der Waals surface area contributed by atoms with Crippen molar-refractivity contribution in [2.24, 2.45) is 11.8 Å². The summed E-state index contributed by atoms with van der Waals surface area (Å²) < 4.78 is 0. The third-order valence-electron chi connectivity index (χ3n) is 4.53. The van der Waals surface area contributed by atoms with Crippen molar-refractivity contribution in [1.29, 1.82) is 0 Å². The van der Waals surface area contributed by atoms with Crippen molar-refractivity contribution in [3.8, 4) is 0 Å². The number of carbonyl (C=O) groups is 2. The lowest BCUT2D eigenvalue weighted by Gasteiger charge is -2.32. The normalized spacial score (nSPS) is 29.9. The SMILES string of the molecule is O=C(O)C1CCC(C(=O)NCC2(O)CCCCC2)C1. The minimum Gasteiger partial charge on any atom is -0.481 e. The molecule has 2 atom stereocenters. The summed E-state index contributed by atoms with van der Waals surface area (Å²) in [5, 5.41) is 22.0. The minimum atomic E-state index is -0.804. The van der Waals surface area contributed by atoms with Crippen LogP contribution in [0.3, 0.4) is 0 Å². The summed E-state index contributed by atoms with van der Waals surface area (Å²) in [4.78, 5) is 22.8. The molecule has 0 radical (unpaired) electrons. The van der Waals surface area contributed by atoms with Crippen LogP contribution in [0.2, 0.25) is 0 Å². The third-order valence-corrected chi connectivity index (χ3v) is 4.53. The summed E-state index contributed by atoms with van der Waals surface area (Å²) in [6.07, 6.45) is 6.32. The van der Waals surface area contributed by atoms with Crippen LogP contribution in [0.5, 0.6) is 0 Å². The molecule has 1 amide bonds. The number of hydrogen-bond acceptors (Lipinski definition) is 3. The average Bonchev–Trinajstić information content (AvgIpc) is 2.87. The molecular weight excluding hydrogens is 246 g/mol. The molecule has 2 aliphatic carbocycles. The Hall–Kier alpha value is -1.10. The van der Waals surface area contributed by atoms with Crippen molar-refractivity contribution in [3.05, 3.63) is 0 Å². The molecular formula is C14H23NO4. The van der Waals surface area contributed by atoms with Gasteiger partial charge in [-0.1, -0.05) is 19.3 Å². The topological polar surface area (TPSA) is 86.6 Å².